The quantitative estimate of drug-likeness (QED) is 0.664. The molecule has 0 heterocycles. The van der Waals surface area contributed by atoms with Crippen LogP contribution in [-0.4, -0.2) is 5.78 Å². The minimum absolute atomic E-state index is 0.200. The third-order valence-corrected chi connectivity index (χ3v) is 2.93. The second-order valence-electron chi connectivity index (χ2n) is 4.76. The molecule has 0 saturated carbocycles. The van der Waals surface area contributed by atoms with Gasteiger partial charge in [-0.25, -0.2) is 0 Å². The molecule has 0 amide bonds. The molecule has 0 spiro atoms. The van der Waals surface area contributed by atoms with Crippen LogP contribution in [0.2, 0.25) is 0 Å². The van der Waals surface area contributed by atoms with Gasteiger partial charge in [0.05, 0.1) is 5.56 Å². The maximum Gasteiger partial charge on any atom is 0.416 e. The normalized spacial score (nSPS) is 18.7. The summed E-state index contributed by atoms with van der Waals surface area (Å²) < 4.78 is 37.4. The Hall–Kier alpha value is -1.32. The van der Waals surface area contributed by atoms with E-state index < -0.39 is 17.2 Å². The maximum atomic E-state index is 12.5. The van der Waals surface area contributed by atoms with Crippen LogP contribution in [0.25, 0.3) is 0 Å². The molecule has 4 heteroatoms. The number of ketones is 1. The van der Waals surface area contributed by atoms with E-state index in [0.717, 1.165) is 12.1 Å². The number of fused-ring (bicyclic) bond motifs is 1. The largest absolute Gasteiger partial charge is 0.416 e. The second kappa shape index (κ2) is 3.09. The molecule has 2 rings (SSSR count). The summed E-state index contributed by atoms with van der Waals surface area (Å²) in [4.78, 5) is 11.8. The highest BCUT2D eigenvalue weighted by molar-refractivity contribution is 6.04. The SMILES string of the molecule is CC1(C)Cc2ccc(C(F)(F)F)cc2C1=O. The number of halogens is 3. The minimum atomic E-state index is -4.39. The topological polar surface area (TPSA) is 17.1 Å². The molecule has 0 unspecified atom stereocenters. The van der Waals surface area contributed by atoms with Crippen LogP contribution in [0.5, 0.6) is 0 Å². The van der Waals surface area contributed by atoms with E-state index in [9.17, 15) is 18.0 Å². The smallest absolute Gasteiger partial charge is 0.294 e. The molecule has 86 valence electrons. The lowest BCUT2D eigenvalue weighted by Gasteiger charge is -2.13. The summed E-state index contributed by atoms with van der Waals surface area (Å²) in [6.07, 6.45) is -3.87. The van der Waals surface area contributed by atoms with Gasteiger partial charge in [-0.2, -0.15) is 13.2 Å². The van der Waals surface area contributed by atoms with Crippen molar-refractivity contribution in [3.05, 3.63) is 34.9 Å². The van der Waals surface area contributed by atoms with E-state index in [1.807, 2.05) is 0 Å². The van der Waals surface area contributed by atoms with Crippen LogP contribution >= 0.6 is 0 Å². The summed E-state index contributed by atoms with van der Waals surface area (Å²) in [5.41, 5.74) is -0.396. The summed E-state index contributed by atoms with van der Waals surface area (Å²) in [7, 11) is 0. The average molecular weight is 228 g/mol. The van der Waals surface area contributed by atoms with Gasteiger partial charge in [-0.3, -0.25) is 4.79 Å². The zero-order valence-electron chi connectivity index (χ0n) is 8.98. The predicted molar refractivity (Wildman–Crippen MR) is 53.3 cm³/mol. The van der Waals surface area contributed by atoms with Crippen LogP contribution in [-0.2, 0) is 12.6 Å². The third-order valence-electron chi connectivity index (χ3n) is 2.93. The molecule has 0 saturated heterocycles. The highest BCUT2D eigenvalue weighted by atomic mass is 19.4. The number of carbonyl (C=O) groups excluding carboxylic acids is 1. The van der Waals surface area contributed by atoms with Gasteiger partial charge in [-0.15, -0.1) is 0 Å². The van der Waals surface area contributed by atoms with Gasteiger partial charge in [0.1, 0.15) is 0 Å². The molecule has 0 N–H and O–H groups in total. The Morgan fingerprint density at radius 2 is 1.88 bits per heavy atom. The summed E-state index contributed by atoms with van der Waals surface area (Å²) in [5, 5.41) is 0. The summed E-state index contributed by atoms with van der Waals surface area (Å²) in [6.45, 7) is 3.51. The predicted octanol–water partition coefficient (Wildman–Crippen LogP) is 3.47. The van der Waals surface area contributed by atoms with E-state index in [-0.39, 0.29) is 11.3 Å². The number of hydrogen-bond acceptors (Lipinski definition) is 1. The minimum Gasteiger partial charge on any atom is -0.294 e. The second-order valence-corrected chi connectivity index (χ2v) is 4.76. The Bertz CT molecular complexity index is 458. The van der Waals surface area contributed by atoms with Crippen molar-refractivity contribution < 1.29 is 18.0 Å². The molecule has 1 aromatic rings. The molecule has 16 heavy (non-hydrogen) atoms. The number of rotatable bonds is 0. The summed E-state index contributed by atoms with van der Waals surface area (Å²) in [5.74, 6) is -0.200. The van der Waals surface area contributed by atoms with Crippen molar-refractivity contribution in [3.63, 3.8) is 0 Å². The molecule has 1 aromatic carbocycles. The maximum absolute atomic E-state index is 12.5. The summed E-state index contributed by atoms with van der Waals surface area (Å²) >= 11 is 0. The molecule has 0 atom stereocenters. The van der Waals surface area contributed by atoms with Gasteiger partial charge in [-0.1, -0.05) is 19.9 Å². The van der Waals surface area contributed by atoms with Gasteiger partial charge in [0.25, 0.3) is 0 Å². The van der Waals surface area contributed by atoms with Crippen LogP contribution in [0.3, 0.4) is 0 Å². The summed E-state index contributed by atoms with van der Waals surface area (Å²) in [6, 6.07) is 3.41. The number of carbonyl (C=O) groups is 1. The molecule has 1 aliphatic rings. The monoisotopic (exact) mass is 228 g/mol. The Labute approximate surface area is 91.3 Å². The molecule has 0 aliphatic heterocycles. The Balaban J connectivity index is 2.52. The van der Waals surface area contributed by atoms with Crippen LogP contribution in [0.15, 0.2) is 18.2 Å². The zero-order chi connectivity index (χ0) is 12.1. The molecule has 1 aliphatic carbocycles. The fraction of sp³-hybridized carbons (Fsp3) is 0.417. The van der Waals surface area contributed by atoms with Gasteiger partial charge >= 0.3 is 6.18 Å². The van der Waals surface area contributed by atoms with Gasteiger partial charge in [-0.05, 0) is 24.1 Å². The highest BCUT2D eigenvalue weighted by Gasteiger charge is 2.39. The van der Waals surface area contributed by atoms with Gasteiger partial charge < -0.3 is 0 Å². The molecular weight excluding hydrogens is 217 g/mol. The van der Waals surface area contributed by atoms with Crippen molar-refractivity contribution in [2.24, 2.45) is 5.41 Å². The molecule has 0 fully saturated rings. The Morgan fingerprint density at radius 1 is 1.25 bits per heavy atom. The number of hydrogen-bond donors (Lipinski definition) is 0. The van der Waals surface area contributed by atoms with E-state index in [1.165, 1.54) is 6.07 Å². The van der Waals surface area contributed by atoms with Gasteiger partial charge in [0.2, 0.25) is 0 Å². The van der Waals surface area contributed by atoms with E-state index in [2.05, 4.69) is 0 Å². The number of benzene rings is 1. The first kappa shape index (κ1) is 11.2. The lowest BCUT2D eigenvalue weighted by Crippen LogP contribution is -2.19. The number of Topliss-reactive ketones (excluding diaryl/α,β-unsaturated/α-hetero) is 1. The highest BCUT2D eigenvalue weighted by Crippen LogP contribution is 2.39. The van der Waals surface area contributed by atoms with Crippen molar-refractivity contribution in [1.82, 2.24) is 0 Å². The van der Waals surface area contributed by atoms with Crippen molar-refractivity contribution in [3.8, 4) is 0 Å². The first-order chi connectivity index (χ1) is 7.22. The van der Waals surface area contributed by atoms with Crippen molar-refractivity contribution in [2.45, 2.75) is 26.4 Å². The van der Waals surface area contributed by atoms with E-state index in [4.69, 9.17) is 0 Å². The standard InChI is InChI=1S/C12H11F3O/c1-11(2)6-7-3-4-8(12(13,14)15)5-9(7)10(11)16/h3-5H,6H2,1-2H3. The number of alkyl halides is 3. The van der Waals surface area contributed by atoms with Gasteiger partial charge in [0, 0.05) is 11.0 Å². The lowest BCUT2D eigenvalue weighted by atomic mass is 9.89. The van der Waals surface area contributed by atoms with Crippen molar-refractivity contribution in [2.75, 3.05) is 0 Å². The first-order valence-corrected chi connectivity index (χ1v) is 4.97. The average Bonchev–Trinajstić information content (AvgIpc) is 2.36. The Kier molecular flexibility index (Phi) is 2.16. The van der Waals surface area contributed by atoms with Crippen molar-refractivity contribution in [1.29, 1.82) is 0 Å². The van der Waals surface area contributed by atoms with Crippen molar-refractivity contribution >= 4 is 5.78 Å². The van der Waals surface area contributed by atoms with Crippen LogP contribution in [0, 0.1) is 5.41 Å². The van der Waals surface area contributed by atoms with Crippen LogP contribution < -0.4 is 0 Å². The fourth-order valence-electron chi connectivity index (χ4n) is 2.04. The van der Waals surface area contributed by atoms with Crippen LogP contribution in [0.4, 0.5) is 13.2 Å². The van der Waals surface area contributed by atoms with E-state index >= 15 is 0 Å². The van der Waals surface area contributed by atoms with Crippen LogP contribution in [0.1, 0.15) is 35.3 Å². The molecule has 1 nitrogen and oxygen atoms in total. The molecular formula is C12H11F3O. The van der Waals surface area contributed by atoms with E-state index in [0.29, 0.717) is 12.0 Å². The molecule has 0 radical (unpaired) electrons. The van der Waals surface area contributed by atoms with E-state index in [1.54, 1.807) is 13.8 Å². The molecule has 0 bridgehead atoms. The fourth-order valence-corrected chi connectivity index (χ4v) is 2.04. The van der Waals surface area contributed by atoms with Gasteiger partial charge in [0.15, 0.2) is 5.78 Å². The molecule has 0 aromatic heterocycles. The Morgan fingerprint density at radius 3 is 2.44 bits per heavy atom. The third kappa shape index (κ3) is 1.62. The first-order valence-electron chi connectivity index (χ1n) is 4.97. The zero-order valence-corrected chi connectivity index (χ0v) is 8.98. The lowest BCUT2D eigenvalue weighted by molar-refractivity contribution is -0.137.